The zero-order chi connectivity index (χ0) is 24.1. The van der Waals surface area contributed by atoms with Crippen LogP contribution < -0.4 is 9.47 Å². The first-order valence-corrected chi connectivity index (χ1v) is 12.5. The predicted octanol–water partition coefficient (Wildman–Crippen LogP) is 5.95. The minimum Gasteiger partial charge on any atom is -0.395 e. The van der Waals surface area contributed by atoms with E-state index in [1.54, 1.807) is 6.07 Å². The summed E-state index contributed by atoms with van der Waals surface area (Å²) in [6, 6.07) is 18.3. The molecule has 0 amide bonds. The normalized spacial score (nSPS) is 17.9. The third kappa shape index (κ3) is 4.13. The predicted molar refractivity (Wildman–Crippen MR) is 126 cm³/mol. The zero-order valence-electron chi connectivity index (χ0n) is 18.9. The molecule has 1 atom stereocenters. The Morgan fingerprint density at radius 1 is 0.971 bits per heavy atom. The van der Waals surface area contributed by atoms with Gasteiger partial charge in [-0.15, -0.1) is 8.78 Å². The molecule has 1 fully saturated rings. The van der Waals surface area contributed by atoms with Crippen molar-refractivity contribution >= 4 is 16.6 Å². The van der Waals surface area contributed by atoms with Crippen molar-refractivity contribution in [3.63, 3.8) is 0 Å². The molecule has 0 N–H and O–H groups in total. The second-order valence-corrected chi connectivity index (χ2v) is 10.6. The van der Waals surface area contributed by atoms with Gasteiger partial charge < -0.3 is 9.47 Å². The molecular weight excluding hydrogens is 458 g/mol. The summed E-state index contributed by atoms with van der Waals surface area (Å²) in [5, 5.41) is 0. The summed E-state index contributed by atoms with van der Waals surface area (Å²) in [6.07, 6.45) is -2.08. The van der Waals surface area contributed by atoms with Gasteiger partial charge in [-0.2, -0.15) is 0 Å². The van der Waals surface area contributed by atoms with E-state index in [0.717, 1.165) is 27.1 Å². The van der Waals surface area contributed by atoms with E-state index in [1.807, 2.05) is 56.3 Å². The van der Waals surface area contributed by atoms with E-state index in [4.69, 9.17) is 0 Å². The summed E-state index contributed by atoms with van der Waals surface area (Å²) < 4.78 is 47.9. The molecule has 2 aliphatic rings. The molecule has 7 heteroatoms. The number of hydrogen-bond donors (Lipinski definition) is 0. The lowest BCUT2D eigenvalue weighted by Gasteiger charge is -2.16. The Balaban J connectivity index is 1.37. The highest BCUT2D eigenvalue weighted by Gasteiger charge is 2.52. The fourth-order valence-electron chi connectivity index (χ4n) is 4.50. The first-order valence-electron chi connectivity index (χ1n) is 11.2. The van der Waals surface area contributed by atoms with Gasteiger partial charge in [0.25, 0.3) is 0 Å². The molecule has 0 bridgehead atoms. The van der Waals surface area contributed by atoms with Gasteiger partial charge in [0.15, 0.2) is 11.5 Å². The number of alkyl halides is 2. The van der Waals surface area contributed by atoms with E-state index in [1.165, 1.54) is 12.1 Å². The summed E-state index contributed by atoms with van der Waals surface area (Å²) in [4.78, 5) is 14.2. The van der Waals surface area contributed by atoms with Crippen molar-refractivity contribution in [1.82, 2.24) is 0 Å². The van der Waals surface area contributed by atoms with Crippen LogP contribution in [0.25, 0.3) is 11.1 Å². The number of Topliss-reactive ketones (excluding diaryl/α,β-unsaturated/α-hetero) is 1. The Bertz CT molecular complexity index is 1300. The van der Waals surface area contributed by atoms with Crippen molar-refractivity contribution < 1.29 is 27.3 Å². The second-order valence-electron chi connectivity index (χ2n) is 8.82. The van der Waals surface area contributed by atoms with E-state index in [9.17, 15) is 17.8 Å². The lowest BCUT2D eigenvalue weighted by molar-refractivity contribution is -0.286. The van der Waals surface area contributed by atoms with Crippen LogP contribution in [0, 0.1) is 6.92 Å². The Hall–Kier alpha value is -3.06. The standard InChI is InChI=1S/C27H24F2O4S/c1-3-34(31)21-9-6-19(7-10-21)22-14-18(5-4-17(22)2)15-25(30)26(12-13-26)20-8-11-23-24(16-20)33-27(28,29)32-23/h4-11,14,16H,3,12-13,15H2,1-2H3. The summed E-state index contributed by atoms with van der Waals surface area (Å²) in [5.74, 6) is 0.575. The number of carbonyl (C=O) groups excluding carboxylic acids is 1. The molecule has 3 aromatic carbocycles. The van der Waals surface area contributed by atoms with Gasteiger partial charge in [0, 0.05) is 17.1 Å². The minimum absolute atomic E-state index is 0.0195. The zero-order valence-corrected chi connectivity index (χ0v) is 19.7. The third-order valence-electron chi connectivity index (χ3n) is 6.59. The van der Waals surface area contributed by atoms with Crippen molar-refractivity contribution in [2.75, 3.05) is 5.75 Å². The number of halogens is 2. The third-order valence-corrected chi connectivity index (χ3v) is 7.92. The van der Waals surface area contributed by atoms with Crippen molar-refractivity contribution in [3.05, 3.63) is 77.4 Å². The second kappa shape index (κ2) is 8.31. The number of fused-ring (bicyclic) bond motifs is 1. The van der Waals surface area contributed by atoms with Crippen LogP contribution in [-0.2, 0) is 27.4 Å². The average Bonchev–Trinajstić information content (AvgIpc) is 3.57. The van der Waals surface area contributed by atoms with Crippen LogP contribution in [0.2, 0.25) is 0 Å². The molecule has 3 aromatic rings. The fraction of sp³-hybridized carbons (Fsp3) is 0.296. The molecule has 1 aliphatic carbocycles. The Labute approximate surface area is 199 Å². The van der Waals surface area contributed by atoms with Crippen LogP contribution in [0.3, 0.4) is 0 Å². The highest BCUT2D eigenvalue weighted by atomic mass is 32.2. The maximum atomic E-state index is 13.4. The smallest absolute Gasteiger partial charge is 0.395 e. The molecule has 34 heavy (non-hydrogen) atoms. The summed E-state index contributed by atoms with van der Waals surface area (Å²) in [7, 11) is -1.00. The van der Waals surface area contributed by atoms with E-state index in [0.29, 0.717) is 24.2 Å². The Morgan fingerprint density at radius 2 is 1.68 bits per heavy atom. The average molecular weight is 483 g/mol. The van der Waals surface area contributed by atoms with Crippen molar-refractivity contribution in [3.8, 4) is 22.6 Å². The van der Waals surface area contributed by atoms with Gasteiger partial charge in [-0.1, -0.05) is 43.3 Å². The van der Waals surface area contributed by atoms with E-state index in [2.05, 4.69) is 9.47 Å². The fourth-order valence-corrected chi connectivity index (χ4v) is 5.27. The van der Waals surface area contributed by atoms with Gasteiger partial charge in [-0.05, 0) is 71.8 Å². The molecule has 1 unspecified atom stereocenters. The highest BCUT2D eigenvalue weighted by Crippen LogP contribution is 2.52. The number of hydrogen-bond acceptors (Lipinski definition) is 4. The number of ether oxygens (including phenoxy) is 2. The first-order chi connectivity index (χ1) is 16.2. The van der Waals surface area contributed by atoms with Gasteiger partial charge >= 0.3 is 6.29 Å². The summed E-state index contributed by atoms with van der Waals surface area (Å²) in [5.41, 5.74) is 4.01. The number of benzene rings is 3. The molecule has 0 saturated heterocycles. The van der Waals surface area contributed by atoms with E-state index >= 15 is 0 Å². The molecule has 5 rings (SSSR count). The SMILES string of the molecule is CCS(=O)c1ccc(-c2cc(CC(=O)C3(c4ccc5c(c4)OC(F)(F)O5)CC3)ccc2C)cc1. The van der Waals surface area contributed by atoms with Gasteiger partial charge in [-0.3, -0.25) is 9.00 Å². The summed E-state index contributed by atoms with van der Waals surface area (Å²) in [6.45, 7) is 3.91. The highest BCUT2D eigenvalue weighted by molar-refractivity contribution is 7.85. The Kier molecular flexibility index (Phi) is 5.55. The van der Waals surface area contributed by atoms with Crippen molar-refractivity contribution in [2.24, 2.45) is 0 Å². The lowest BCUT2D eigenvalue weighted by atomic mass is 9.87. The van der Waals surface area contributed by atoms with Crippen LogP contribution in [0.15, 0.2) is 65.6 Å². The largest absolute Gasteiger partial charge is 0.586 e. The van der Waals surface area contributed by atoms with Crippen LogP contribution in [-0.4, -0.2) is 22.0 Å². The van der Waals surface area contributed by atoms with Crippen LogP contribution in [0.5, 0.6) is 11.5 Å². The van der Waals surface area contributed by atoms with Crippen LogP contribution in [0.1, 0.15) is 36.5 Å². The molecule has 0 radical (unpaired) electrons. The van der Waals surface area contributed by atoms with Crippen LogP contribution >= 0.6 is 0 Å². The first kappa shape index (κ1) is 22.7. The molecule has 176 valence electrons. The number of rotatable bonds is 7. The molecule has 1 heterocycles. The topological polar surface area (TPSA) is 52.6 Å². The van der Waals surface area contributed by atoms with Gasteiger partial charge in [0.1, 0.15) is 5.78 Å². The summed E-state index contributed by atoms with van der Waals surface area (Å²) >= 11 is 0. The molecular formula is C27H24F2O4S. The van der Waals surface area contributed by atoms with Gasteiger partial charge in [0.2, 0.25) is 0 Å². The molecule has 1 aliphatic heterocycles. The molecule has 1 saturated carbocycles. The van der Waals surface area contributed by atoms with Crippen LogP contribution in [0.4, 0.5) is 8.78 Å². The number of aryl methyl sites for hydroxylation is 1. The Morgan fingerprint density at radius 3 is 2.35 bits per heavy atom. The monoisotopic (exact) mass is 482 g/mol. The van der Waals surface area contributed by atoms with Crippen molar-refractivity contribution in [1.29, 1.82) is 0 Å². The maximum Gasteiger partial charge on any atom is 0.586 e. The van der Waals surface area contributed by atoms with E-state index in [-0.39, 0.29) is 23.7 Å². The molecule has 0 spiro atoms. The number of carbonyl (C=O) groups is 1. The minimum atomic E-state index is -3.68. The quantitative estimate of drug-likeness (QED) is 0.417. The molecule has 0 aromatic heterocycles. The molecule has 4 nitrogen and oxygen atoms in total. The number of ketones is 1. The maximum absolute atomic E-state index is 13.4. The van der Waals surface area contributed by atoms with E-state index < -0.39 is 22.5 Å². The lowest BCUT2D eigenvalue weighted by Crippen LogP contribution is -2.26. The van der Waals surface area contributed by atoms with Gasteiger partial charge in [0.05, 0.1) is 16.2 Å². The van der Waals surface area contributed by atoms with Crippen molar-refractivity contribution in [2.45, 2.75) is 49.7 Å². The van der Waals surface area contributed by atoms with Gasteiger partial charge in [-0.25, -0.2) is 0 Å².